The maximum absolute atomic E-state index is 3.95. The Balaban J connectivity index is 1.22. The minimum atomic E-state index is 0.0135. The van der Waals surface area contributed by atoms with Gasteiger partial charge in [0.1, 0.15) is 0 Å². The number of dihydropyridines is 1. The highest BCUT2D eigenvalue weighted by Crippen LogP contribution is 2.46. The topological polar surface area (TPSA) is 24.1 Å². The van der Waals surface area contributed by atoms with Gasteiger partial charge in [-0.15, -0.1) is 0 Å². The second-order valence-corrected chi connectivity index (χ2v) is 13.0. The van der Waals surface area contributed by atoms with E-state index >= 15 is 0 Å². The fourth-order valence-corrected chi connectivity index (χ4v) is 7.46. The van der Waals surface area contributed by atoms with Crippen LogP contribution in [0.3, 0.4) is 0 Å². The highest BCUT2D eigenvalue weighted by atomic mass is 14.9. The van der Waals surface area contributed by atoms with Crippen LogP contribution in [0, 0.1) is 0 Å². The molecule has 2 N–H and O–H groups in total. The van der Waals surface area contributed by atoms with Crippen LogP contribution >= 0.6 is 0 Å². The minimum Gasteiger partial charge on any atom is -0.374 e. The summed E-state index contributed by atoms with van der Waals surface area (Å²) in [5.74, 6) is 0. The number of nitrogens with one attached hydrogen (secondary N) is 2. The molecule has 50 heavy (non-hydrogen) atoms. The summed E-state index contributed by atoms with van der Waals surface area (Å²) in [5.41, 5.74) is 14.5. The molecule has 0 amide bonds. The average molecular weight is 641 g/mol. The van der Waals surface area contributed by atoms with Crippen LogP contribution in [0.5, 0.6) is 0 Å². The van der Waals surface area contributed by atoms with Crippen LogP contribution in [0.25, 0.3) is 38.7 Å². The van der Waals surface area contributed by atoms with Crippen molar-refractivity contribution in [2.75, 3.05) is 5.32 Å². The normalized spacial score (nSPS) is 16.7. The van der Waals surface area contributed by atoms with Crippen LogP contribution in [0.2, 0.25) is 0 Å². The Morgan fingerprint density at radius 3 is 1.54 bits per heavy atom. The summed E-state index contributed by atoms with van der Waals surface area (Å²) in [5, 5.41) is 10.3. The molecule has 2 aliphatic heterocycles. The van der Waals surface area contributed by atoms with Crippen molar-refractivity contribution < 1.29 is 0 Å². The molecule has 2 nitrogen and oxygen atoms in total. The first-order valence-corrected chi connectivity index (χ1v) is 17.3. The number of anilines is 1. The molecule has 2 atom stereocenters. The molecule has 2 aliphatic rings. The van der Waals surface area contributed by atoms with Gasteiger partial charge in [-0.3, -0.25) is 0 Å². The maximum Gasteiger partial charge on any atom is 0.0707 e. The fourth-order valence-electron chi connectivity index (χ4n) is 7.46. The van der Waals surface area contributed by atoms with Crippen molar-refractivity contribution in [1.82, 2.24) is 5.32 Å². The van der Waals surface area contributed by atoms with Crippen LogP contribution in [0.4, 0.5) is 5.69 Å². The highest BCUT2D eigenvalue weighted by molar-refractivity contribution is 6.09. The fraction of sp³-hybridized carbons (Fsp3) is 0.0417. The number of benzene rings is 7. The summed E-state index contributed by atoms with van der Waals surface area (Å²) in [6.45, 7) is 0. The Bertz CT molecular complexity index is 2390. The van der Waals surface area contributed by atoms with E-state index in [-0.39, 0.29) is 12.1 Å². The summed E-state index contributed by atoms with van der Waals surface area (Å²) in [4.78, 5) is 0. The standard InChI is InChI=1S/C48H36N2/c1-5-15-33(16-6-1)34-25-27-38(28-26-34)45-30-39(29-44(49-45)36-19-9-3-10-20-36)42-31-47-48(41-24-14-13-23-40(41)42)43(35-17-7-2-8-18-35)32-46(50-47)37-21-11-4-12-22-37/h1-32,44,46,49-50H. The number of hydrogen-bond acceptors (Lipinski definition) is 2. The van der Waals surface area contributed by atoms with Gasteiger partial charge in [0.05, 0.1) is 12.1 Å². The molecule has 9 rings (SSSR count). The van der Waals surface area contributed by atoms with Gasteiger partial charge in [-0.2, -0.15) is 0 Å². The van der Waals surface area contributed by atoms with Crippen molar-refractivity contribution >= 4 is 33.3 Å². The molecular formula is C48H36N2. The second-order valence-electron chi connectivity index (χ2n) is 13.0. The molecule has 2 heterocycles. The molecule has 0 aliphatic carbocycles. The second kappa shape index (κ2) is 12.9. The van der Waals surface area contributed by atoms with E-state index in [1.165, 1.54) is 60.9 Å². The van der Waals surface area contributed by atoms with Crippen molar-refractivity contribution in [2.45, 2.75) is 12.1 Å². The van der Waals surface area contributed by atoms with E-state index in [0.717, 1.165) is 16.9 Å². The Labute approximate surface area is 293 Å². The van der Waals surface area contributed by atoms with E-state index in [0.29, 0.717) is 0 Å². The summed E-state index contributed by atoms with van der Waals surface area (Å²) >= 11 is 0. The molecule has 0 radical (unpaired) electrons. The lowest BCUT2D eigenvalue weighted by molar-refractivity contribution is 0.767. The van der Waals surface area contributed by atoms with Crippen molar-refractivity contribution in [3.05, 3.63) is 228 Å². The van der Waals surface area contributed by atoms with Crippen molar-refractivity contribution in [3.8, 4) is 11.1 Å². The summed E-state index contributed by atoms with van der Waals surface area (Å²) in [6, 6.07) is 63.1. The van der Waals surface area contributed by atoms with Crippen molar-refractivity contribution in [3.63, 3.8) is 0 Å². The Morgan fingerprint density at radius 1 is 0.400 bits per heavy atom. The van der Waals surface area contributed by atoms with Gasteiger partial charge >= 0.3 is 0 Å². The first-order valence-electron chi connectivity index (χ1n) is 17.3. The van der Waals surface area contributed by atoms with Crippen LogP contribution in [-0.4, -0.2) is 0 Å². The van der Waals surface area contributed by atoms with Gasteiger partial charge in [-0.1, -0.05) is 170 Å². The quantitative estimate of drug-likeness (QED) is 0.189. The van der Waals surface area contributed by atoms with E-state index < -0.39 is 0 Å². The summed E-state index contributed by atoms with van der Waals surface area (Å²) < 4.78 is 0. The molecule has 0 saturated heterocycles. The predicted molar refractivity (Wildman–Crippen MR) is 210 cm³/mol. The van der Waals surface area contributed by atoms with Gasteiger partial charge in [-0.25, -0.2) is 0 Å². The predicted octanol–water partition coefficient (Wildman–Crippen LogP) is 11.9. The van der Waals surface area contributed by atoms with E-state index in [4.69, 9.17) is 0 Å². The molecule has 0 fully saturated rings. The molecule has 0 aromatic heterocycles. The lowest BCUT2D eigenvalue weighted by atomic mass is 9.83. The molecule has 0 saturated carbocycles. The molecule has 7 aromatic rings. The number of hydrogen-bond donors (Lipinski definition) is 2. The van der Waals surface area contributed by atoms with Gasteiger partial charge in [0.15, 0.2) is 0 Å². The Hall–Kier alpha value is -6.38. The summed E-state index contributed by atoms with van der Waals surface area (Å²) in [6.07, 6.45) is 7.11. The third-order valence-corrected chi connectivity index (χ3v) is 9.93. The summed E-state index contributed by atoms with van der Waals surface area (Å²) in [7, 11) is 0. The smallest absolute Gasteiger partial charge is 0.0707 e. The zero-order chi connectivity index (χ0) is 33.3. The van der Waals surface area contributed by atoms with Gasteiger partial charge in [0.25, 0.3) is 0 Å². The van der Waals surface area contributed by atoms with E-state index in [2.05, 4.69) is 205 Å². The molecule has 0 spiro atoms. The van der Waals surface area contributed by atoms with E-state index in [1.807, 2.05) is 0 Å². The first kappa shape index (κ1) is 29.7. The number of fused-ring (bicyclic) bond motifs is 3. The van der Waals surface area contributed by atoms with E-state index in [9.17, 15) is 0 Å². The first-order chi connectivity index (χ1) is 24.8. The van der Waals surface area contributed by atoms with Crippen LogP contribution in [-0.2, 0) is 0 Å². The SMILES string of the molecule is C1=C(c2ccc(-c3ccccc3)cc2)NC(c2ccccc2)C=C1c1cc2c(c3ccccc13)C(c1ccccc1)=CC(c1ccccc1)N2. The maximum atomic E-state index is 3.95. The largest absolute Gasteiger partial charge is 0.374 e. The van der Waals surface area contributed by atoms with Gasteiger partial charge in [0.2, 0.25) is 0 Å². The molecule has 0 bridgehead atoms. The van der Waals surface area contributed by atoms with Crippen LogP contribution < -0.4 is 10.6 Å². The van der Waals surface area contributed by atoms with E-state index in [1.54, 1.807) is 0 Å². The van der Waals surface area contributed by atoms with Crippen LogP contribution in [0.15, 0.2) is 194 Å². The highest BCUT2D eigenvalue weighted by Gasteiger charge is 2.26. The monoisotopic (exact) mass is 640 g/mol. The average Bonchev–Trinajstić information content (AvgIpc) is 3.21. The Kier molecular flexibility index (Phi) is 7.68. The molecule has 2 unspecified atom stereocenters. The van der Waals surface area contributed by atoms with Gasteiger partial charge in [-0.05, 0) is 85.2 Å². The molecule has 2 heteroatoms. The van der Waals surface area contributed by atoms with Gasteiger partial charge < -0.3 is 10.6 Å². The third-order valence-electron chi connectivity index (χ3n) is 9.93. The number of rotatable bonds is 6. The minimum absolute atomic E-state index is 0.0135. The van der Waals surface area contributed by atoms with Crippen LogP contribution in [0.1, 0.15) is 45.5 Å². The zero-order valence-electron chi connectivity index (χ0n) is 27.6. The zero-order valence-corrected chi connectivity index (χ0v) is 27.6. The molecule has 7 aromatic carbocycles. The van der Waals surface area contributed by atoms with Crippen molar-refractivity contribution in [2.24, 2.45) is 0 Å². The molecular weight excluding hydrogens is 605 g/mol. The lowest BCUT2D eigenvalue weighted by Gasteiger charge is -2.30. The van der Waals surface area contributed by atoms with Gasteiger partial charge in [0, 0.05) is 16.9 Å². The molecule has 238 valence electrons. The lowest BCUT2D eigenvalue weighted by Crippen LogP contribution is -2.22. The van der Waals surface area contributed by atoms with Crippen molar-refractivity contribution in [1.29, 1.82) is 0 Å². The third kappa shape index (κ3) is 5.61. The number of allylic oxidation sites excluding steroid dienone is 2. The Morgan fingerprint density at radius 2 is 0.900 bits per heavy atom.